The summed E-state index contributed by atoms with van der Waals surface area (Å²) in [6.07, 6.45) is 3.18. The SMILES string of the molecule is CCCC(O)CN(Cc1ccc(OC)cc1)Cc1ccco1. The minimum atomic E-state index is -0.307. The van der Waals surface area contributed by atoms with E-state index in [0.29, 0.717) is 13.1 Å². The normalized spacial score (nSPS) is 12.5. The largest absolute Gasteiger partial charge is 0.497 e. The topological polar surface area (TPSA) is 45.8 Å². The lowest BCUT2D eigenvalue weighted by Gasteiger charge is -2.24. The minimum Gasteiger partial charge on any atom is -0.497 e. The second kappa shape index (κ2) is 8.61. The first-order chi connectivity index (χ1) is 10.7. The Kier molecular flexibility index (Phi) is 6.49. The average molecular weight is 303 g/mol. The molecule has 0 aliphatic rings. The van der Waals surface area contributed by atoms with E-state index in [4.69, 9.17) is 9.15 Å². The van der Waals surface area contributed by atoms with Crippen molar-refractivity contribution in [2.45, 2.75) is 39.0 Å². The Morgan fingerprint density at radius 3 is 2.55 bits per heavy atom. The lowest BCUT2D eigenvalue weighted by atomic mass is 10.1. The Balaban J connectivity index is 2.01. The van der Waals surface area contributed by atoms with Gasteiger partial charge < -0.3 is 14.3 Å². The van der Waals surface area contributed by atoms with E-state index in [2.05, 4.69) is 24.0 Å². The van der Waals surface area contributed by atoms with Crippen LogP contribution in [0, 0.1) is 0 Å². The third-order valence-corrected chi connectivity index (χ3v) is 3.62. The van der Waals surface area contributed by atoms with Crippen LogP contribution in [-0.2, 0) is 13.1 Å². The van der Waals surface area contributed by atoms with Crippen molar-refractivity contribution in [2.24, 2.45) is 0 Å². The standard InChI is InChI=1S/C18H25NO3/c1-3-5-16(20)13-19(14-18-6-4-11-22-18)12-15-7-9-17(21-2)10-8-15/h4,6-11,16,20H,3,5,12-14H2,1-2H3. The van der Waals surface area contributed by atoms with Crippen molar-refractivity contribution in [2.75, 3.05) is 13.7 Å². The van der Waals surface area contributed by atoms with Crippen molar-refractivity contribution < 1.29 is 14.3 Å². The number of rotatable bonds is 9. The fourth-order valence-electron chi connectivity index (χ4n) is 2.52. The van der Waals surface area contributed by atoms with Crippen molar-refractivity contribution in [3.05, 3.63) is 54.0 Å². The maximum absolute atomic E-state index is 10.1. The maximum atomic E-state index is 10.1. The molecule has 0 aliphatic heterocycles. The molecule has 4 nitrogen and oxygen atoms in total. The highest BCUT2D eigenvalue weighted by atomic mass is 16.5. The van der Waals surface area contributed by atoms with E-state index in [9.17, 15) is 5.11 Å². The van der Waals surface area contributed by atoms with Crippen molar-refractivity contribution in [1.29, 1.82) is 0 Å². The number of furan rings is 1. The van der Waals surface area contributed by atoms with Crippen molar-refractivity contribution in [3.8, 4) is 5.75 Å². The fraction of sp³-hybridized carbons (Fsp3) is 0.444. The van der Waals surface area contributed by atoms with E-state index >= 15 is 0 Å². The number of hydrogen-bond acceptors (Lipinski definition) is 4. The average Bonchev–Trinajstić information content (AvgIpc) is 3.01. The smallest absolute Gasteiger partial charge is 0.118 e. The Morgan fingerprint density at radius 2 is 1.95 bits per heavy atom. The van der Waals surface area contributed by atoms with Gasteiger partial charge in [0.25, 0.3) is 0 Å². The highest BCUT2D eigenvalue weighted by Gasteiger charge is 2.13. The first-order valence-electron chi connectivity index (χ1n) is 7.77. The zero-order valence-electron chi connectivity index (χ0n) is 13.4. The molecule has 0 saturated heterocycles. The number of aliphatic hydroxyl groups excluding tert-OH is 1. The van der Waals surface area contributed by atoms with Crippen LogP contribution >= 0.6 is 0 Å². The van der Waals surface area contributed by atoms with Gasteiger partial charge in [-0.3, -0.25) is 4.90 Å². The van der Waals surface area contributed by atoms with Gasteiger partial charge in [-0.2, -0.15) is 0 Å². The van der Waals surface area contributed by atoms with Crippen LogP contribution < -0.4 is 4.74 Å². The van der Waals surface area contributed by atoms with Gasteiger partial charge in [-0.25, -0.2) is 0 Å². The molecule has 0 fully saturated rings. The summed E-state index contributed by atoms with van der Waals surface area (Å²) in [4.78, 5) is 2.21. The van der Waals surface area contributed by atoms with Crippen LogP contribution in [-0.4, -0.2) is 29.8 Å². The van der Waals surface area contributed by atoms with Crippen molar-refractivity contribution in [3.63, 3.8) is 0 Å². The summed E-state index contributed by atoms with van der Waals surface area (Å²) in [7, 11) is 1.67. The van der Waals surface area contributed by atoms with Gasteiger partial charge in [-0.05, 0) is 36.2 Å². The molecule has 0 saturated carbocycles. The van der Waals surface area contributed by atoms with Crippen LogP contribution in [0.1, 0.15) is 31.1 Å². The third kappa shape index (κ3) is 5.20. The maximum Gasteiger partial charge on any atom is 0.118 e. The molecule has 1 aromatic carbocycles. The number of ether oxygens (including phenoxy) is 1. The summed E-state index contributed by atoms with van der Waals surface area (Å²) in [5.74, 6) is 1.77. The van der Waals surface area contributed by atoms with Crippen LogP contribution in [0.5, 0.6) is 5.75 Å². The Labute approximate surface area is 132 Å². The number of methoxy groups -OCH3 is 1. The lowest BCUT2D eigenvalue weighted by molar-refractivity contribution is 0.0932. The number of hydrogen-bond donors (Lipinski definition) is 1. The molecule has 1 unspecified atom stereocenters. The molecule has 1 aromatic heterocycles. The molecule has 0 bridgehead atoms. The molecule has 2 aromatic rings. The molecule has 0 radical (unpaired) electrons. The van der Waals surface area contributed by atoms with Crippen LogP contribution in [0.25, 0.3) is 0 Å². The van der Waals surface area contributed by atoms with Crippen LogP contribution in [0.3, 0.4) is 0 Å². The Bertz CT molecular complexity index is 522. The summed E-state index contributed by atoms with van der Waals surface area (Å²) in [5, 5.41) is 10.1. The van der Waals surface area contributed by atoms with Gasteiger partial charge in [-0.1, -0.05) is 25.5 Å². The highest BCUT2D eigenvalue weighted by Crippen LogP contribution is 2.16. The first kappa shape index (κ1) is 16.6. The second-order valence-electron chi connectivity index (χ2n) is 5.54. The van der Waals surface area contributed by atoms with E-state index in [-0.39, 0.29) is 6.10 Å². The molecular weight excluding hydrogens is 278 g/mol. The molecular formula is C18H25NO3. The van der Waals surface area contributed by atoms with Gasteiger partial charge in [0, 0.05) is 13.1 Å². The van der Waals surface area contributed by atoms with Gasteiger partial charge in [0.2, 0.25) is 0 Å². The van der Waals surface area contributed by atoms with Gasteiger partial charge in [0.05, 0.1) is 26.0 Å². The number of aliphatic hydroxyl groups is 1. The van der Waals surface area contributed by atoms with E-state index < -0.39 is 0 Å². The fourth-order valence-corrected chi connectivity index (χ4v) is 2.52. The summed E-state index contributed by atoms with van der Waals surface area (Å²) >= 11 is 0. The molecule has 22 heavy (non-hydrogen) atoms. The lowest BCUT2D eigenvalue weighted by Crippen LogP contribution is -2.31. The zero-order valence-corrected chi connectivity index (χ0v) is 13.4. The quantitative estimate of drug-likeness (QED) is 0.770. The van der Waals surface area contributed by atoms with Crippen molar-refractivity contribution >= 4 is 0 Å². The number of nitrogens with zero attached hydrogens (tertiary/aromatic N) is 1. The molecule has 1 heterocycles. The number of benzene rings is 1. The van der Waals surface area contributed by atoms with Crippen LogP contribution in [0.4, 0.5) is 0 Å². The molecule has 0 spiro atoms. The zero-order chi connectivity index (χ0) is 15.8. The molecule has 2 rings (SSSR count). The summed E-state index contributed by atoms with van der Waals surface area (Å²) < 4.78 is 10.6. The Morgan fingerprint density at radius 1 is 1.18 bits per heavy atom. The van der Waals surface area contributed by atoms with Gasteiger partial charge in [0.1, 0.15) is 11.5 Å². The monoisotopic (exact) mass is 303 g/mol. The molecule has 0 amide bonds. The third-order valence-electron chi connectivity index (χ3n) is 3.62. The van der Waals surface area contributed by atoms with E-state index in [0.717, 1.165) is 30.9 Å². The predicted octanol–water partition coefficient (Wildman–Crippen LogP) is 3.45. The van der Waals surface area contributed by atoms with Crippen LogP contribution in [0.2, 0.25) is 0 Å². The summed E-state index contributed by atoms with van der Waals surface area (Å²) in [5.41, 5.74) is 1.19. The first-order valence-corrected chi connectivity index (χ1v) is 7.77. The molecule has 1 atom stereocenters. The van der Waals surface area contributed by atoms with Crippen molar-refractivity contribution in [1.82, 2.24) is 4.90 Å². The minimum absolute atomic E-state index is 0.307. The molecule has 120 valence electrons. The molecule has 4 heteroatoms. The second-order valence-corrected chi connectivity index (χ2v) is 5.54. The van der Waals surface area contributed by atoms with E-state index in [1.807, 2.05) is 24.3 Å². The molecule has 0 aliphatic carbocycles. The molecule has 1 N–H and O–H groups in total. The summed E-state index contributed by atoms with van der Waals surface area (Å²) in [6, 6.07) is 11.9. The van der Waals surface area contributed by atoms with Gasteiger partial charge >= 0.3 is 0 Å². The van der Waals surface area contributed by atoms with Gasteiger partial charge in [0.15, 0.2) is 0 Å². The van der Waals surface area contributed by atoms with E-state index in [1.165, 1.54) is 5.56 Å². The van der Waals surface area contributed by atoms with Crippen LogP contribution in [0.15, 0.2) is 47.1 Å². The van der Waals surface area contributed by atoms with E-state index in [1.54, 1.807) is 13.4 Å². The Hall–Kier alpha value is -1.78. The predicted molar refractivity (Wildman–Crippen MR) is 86.7 cm³/mol. The van der Waals surface area contributed by atoms with Gasteiger partial charge in [-0.15, -0.1) is 0 Å². The summed E-state index contributed by atoms with van der Waals surface area (Å²) in [6.45, 7) is 4.19. The highest BCUT2D eigenvalue weighted by molar-refractivity contribution is 5.27.